The van der Waals surface area contributed by atoms with Crippen molar-refractivity contribution in [2.75, 3.05) is 13.2 Å². The standard InChI is InChI=1S/C41H75O13P/c1-3-5-7-9-11-13-14-15-16-17-18-19-20-22-23-25-27-29-34(42)51-31-33(53-35(43)30-28-26-24-21-12-10-8-6-4-2)32-52-55(49,50)54-41-39(47)37(45)36(44)38(46)40(41)48/h11,13,15-16,33,36-41,44-48H,3-10,12,14,17-32H2,1-2H3,(H,49,50)/b13-11+,16-15+/t33-,36?,37-,38?,39?,40?,41?/m0/s1. The molecule has 14 heteroatoms. The molecule has 0 spiro atoms. The number of allylic oxidation sites excluding steroid dienone is 4. The molecule has 0 aromatic rings. The van der Waals surface area contributed by atoms with Crippen molar-refractivity contribution >= 4 is 19.8 Å². The van der Waals surface area contributed by atoms with Gasteiger partial charge in [0.2, 0.25) is 0 Å². The molecule has 0 aromatic heterocycles. The molecule has 13 nitrogen and oxygen atoms in total. The molecule has 1 fully saturated rings. The molecule has 0 radical (unpaired) electrons. The second-order valence-electron chi connectivity index (χ2n) is 14.8. The number of phosphoric acid groups is 1. The van der Waals surface area contributed by atoms with Gasteiger partial charge in [-0.3, -0.25) is 18.6 Å². The molecule has 1 saturated carbocycles. The van der Waals surface area contributed by atoms with Crippen LogP contribution in [-0.4, -0.2) is 98.3 Å². The fraction of sp³-hybridized carbons (Fsp3) is 0.854. The maximum absolute atomic E-state index is 12.7. The highest BCUT2D eigenvalue weighted by Gasteiger charge is 2.51. The normalized spacial score (nSPS) is 23.3. The third-order valence-corrected chi connectivity index (χ3v) is 10.8. The fourth-order valence-corrected chi connectivity index (χ4v) is 7.29. The van der Waals surface area contributed by atoms with Gasteiger partial charge in [-0.2, -0.15) is 0 Å². The lowest BCUT2D eigenvalue weighted by Gasteiger charge is -2.41. The number of aliphatic hydroxyl groups is 5. The van der Waals surface area contributed by atoms with E-state index in [9.17, 15) is 44.6 Å². The van der Waals surface area contributed by atoms with Gasteiger partial charge in [-0.15, -0.1) is 0 Å². The monoisotopic (exact) mass is 806 g/mol. The highest BCUT2D eigenvalue weighted by atomic mass is 31.2. The van der Waals surface area contributed by atoms with Gasteiger partial charge in [0.1, 0.15) is 43.2 Å². The minimum Gasteiger partial charge on any atom is -0.462 e. The molecule has 1 aliphatic rings. The number of ether oxygens (including phenoxy) is 2. The van der Waals surface area contributed by atoms with Crippen molar-refractivity contribution in [1.29, 1.82) is 0 Å². The van der Waals surface area contributed by atoms with Gasteiger partial charge >= 0.3 is 19.8 Å². The molecule has 6 unspecified atom stereocenters. The first-order valence-electron chi connectivity index (χ1n) is 21.1. The van der Waals surface area contributed by atoms with Crippen molar-refractivity contribution in [2.45, 2.75) is 211 Å². The summed E-state index contributed by atoms with van der Waals surface area (Å²) in [5.41, 5.74) is 0. The Morgan fingerprint density at radius 1 is 0.564 bits per heavy atom. The summed E-state index contributed by atoms with van der Waals surface area (Å²) in [6.45, 7) is 3.22. The van der Waals surface area contributed by atoms with Crippen molar-refractivity contribution in [3.8, 4) is 0 Å². The number of phosphoric ester groups is 1. The molecule has 1 aliphatic carbocycles. The summed E-state index contributed by atoms with van der Waals surface area (Å²) in [7, 11) is -5.11. The molecule has 0 heterocycles. The Bertz CT molecular complexity index is 1070. The Kier molecular flexibility index (Phi) is 30.2. The van der Waals surface area contributed by atoms with Gasteiger partial charge in [-0.05, 0) is 44.9 Å². The first kappa shape index (κ1) is 51.3. The summed E-state index contributed by atoms with van der Waals surface area (Å²) in [5.74, 6) is -1.11. The van der Waals surface area contributed by atoms with Gasteiger partial charge in [-0.25, -0.2) is 4.57 Å². The van der Waals surface area contributed by atoms with Gasteiger partial charge in [0.15, 0.2) is 6.10 Å². The first-order valence-corrected chi connectivity index (χ1v) is 22.6. The van der Waals surface area contributed by atoms with E-state index in [0.717, 1.165) is 70.6 Å². The lowest BCUT2D eigenvalue weighted by molar-refractivity contribution is -0.220. The average molecular weight is 807 g/mol. The third kappa shape index (κ3) is 25.3. The molecule has 0 saturated heterocycles. The van der Waals surface area contributed by atoms with Crippen molar-refractivity contribution < 1.29 is 63.1 Å². The molecule has 0 aromatic carbocycles. The number of hydrogen-bond donors (Lipinski definition) is 6. The SMILES string of the molecule is CCCCC/C=C/C/C=C/CCCCCCCCCC(=O)OC[C@@H](COP(=O)(O)OC1C(O)C(O)C(O)[C@H](O)C1O)OC(=O)CCCCCCCCCCC. The number of carbonyl (C=O) groups excluding carboxylic acids is 2. The Morgan fingerprint density at radius 2 is 0.982 bits per heavy atom. The van der Waals surface area contributed by atoms with Gasteiger partial charge in [0.05, 0.1) is 6.61 Å². The molecular weight excluding hydrogens is 731 g/mol. The van der Waals surface area contributed by atoms with E-state index >= 15 is 0 Å². The molecule has 8 atom stereocenters. The summed E-state index contributed by atoms with van der Waals surface area (Å²) in [5, 5.41) is 50.0. The van der Waals surface area contributed by atoms with E-state index in [0.29, 0.717) is 12.8 Å². The predicted octanol–water partition coefficient (Wildman–Crippen LogP) is 7.28. The van der Waals surface area contributed by atoms with Gasteiger partial charge in [0.25, 0.3) is 0 Å². The van der Waals surface area contributed by atoms with Crippen LogP contribution >= 0.6 is 7.82 Å². The summed E-state index contributed by atoms with van der Waals surface area (Å²) in [4.78, 5) is 35.5. The maximum atomic E-state index is 12.7. The van der Waals surface area contributed by atoms with Crippen LogP contribution in [0.4, 0.5) is 0 Å². The summed E-state index contributed by atoms with van der Waals surface area (Å²) >= 11 is 0. The van der Waals surface area contributed by atoms with Crippen molar-refractivity contribution in [1.82, 2.24) is 0 Å². The van der Waals surface area contributed by atoms with E-state index in [1.54, 1.807) is 0 Å². The Labute approximate surface area is 330 Å². The van der Waals surface area contributed by atoms with Crippen LogP contribution in [0.5, 0.6) is 0 Å². The second kappa shape index (κ2) is 32.3. The zero-order chi connectivity index (χ0) is 40.7. The van der Waals surface area contributed by atoms with Crippen LogP contribution in [0.2, 0.25) is 0 Å². The molecule has 1 rings (SSSR count). The fourth-order valence-electron chi connectivity index (χ4n) is 6.32. The van der Waals surface area contributed by atoms with Crippen LogP contribution in [0.3, 0.4) is 0 Å². The number of aliphatic hydroxyl groups excluding tert-OH is 5. The molecule has 55 heavy (non-hydrogen) atoms. The molecule has 6 N–H and O–H groups in total. The van der Waals surface area contributed by atoms with E-state index in [-0.39, 0.29) is 12.8 Å². The zero-order valence-corrected chi connectivity index (χ0v) is 34.6. The first-order chi connectivity index (χ1) is 26.4. The Balaban J connectivity index is 2.46. The molecule has 0 amide bonds. The zero-order valence-electron chi connectivity index (χ0n) is 33.7. The molecule has 322 valence electrons. The van der Waals surface area contributed by atoms with Crippen LogP contribution in [-0.2, 0) is 32.7 Å². The van der Waals surface area contributed by atoms with E-state index in [1.165, 1.54) is 57.8 Å². The van der Waals surface area contributed by atoms with E-state index in [4.69, 9.17) is 18.5 Å². The van der Waals surface area contributed by atoms with Crippen molar-refractivity contribution in [3.63, 3.8) is 0 Å². The number of carbonyl (C=O) groups is 2. The van der Waals surface area contributed by atoms with Gasteiger partial charge in [0, 0.05) is 12.8 Å². The molecule has 0 aliphatic heterocycles. The van der Waals surface area contributed by atoms with Crippen LogP contribution < -0.4 is 0 Å². The Morgan fingerprint density at radius 3 is 1.51 bits per heavy atom. The highest BCUT2D eigenvalue weighted by molar-refractivity contribution is 7.47. The van der Waals surface area contributed by atoms with Crippen LogP contribution in [0.25, 0.3) is 0 Å². The minimum absolute atomic E-state index is 0.0969. The van der Waals surface area contributed by atoms with Crippen LogP contribution in [0.1, 0.15) is 168 Å². The van der Waals surface area contributed by atoms with Crippen molar-refractivity contribution in [2.24, 2.45) is 0 Å². The van der Waals surface area contributed by atoms with E-state index < -0.39 is 75.7 Å². The largest absolute Gasteiger partial charge is 0.472 e. The highest BCUT2D eigenvalue weighted by Crippen LogP contribution is 2.47. The van der Waals surface area contributed by atoms with E-state index in [2.05, 4.69) is 38.2 Å². The van der Waals surface area contributed by atoms with Crippen LogP contribution in [0.15, 0.2) is 24.3 Å². The summed E-state index contributed by atoms with van der Waals surface area (Å²) in [6.07, 6.45) is 19.7. The van der Waals surface area contributed by atoms with Gasteiger partial charge < -0.3 is 39.9 Å². The number of esters is 2. The maximum Gasteiger partial charge on any atom is 0.472 e. The predicted molar refractivity (Wildman–Crippen MR) is 212 cm³/mol. The van der Waals surface area contributed by atoms with E-state index in [1.807, 2.05) is 0 Å². The second-order valence-corrected chi connectivity index (χ2v) is 16.3. The number of rotatable bonds is 34. The molecular formula is C41H75O13P. The minimum atomic E-state index is -5.11. The lowest BCUT2D eigenvalue weighted by atomic mass is 9.85. The lowest BCUT2D eigenvalue weighted by Crippen LogP contribution is -2.64. The van der Waals surface area contributed by atoms with Gasteiger partial charge in [-0.1, -0.05) is 134 Å². The quantitative estimate of drug-likeness (QED) is 0.0164. The van der Waals surface area contributed by atoms with Crippen molar-refractivity contribution in [3.05, 3.63) is 24.3 Å². The smallest absolute Gasteiger partial charge is 0.462 e. The topological polar surface area (TPSA) is 210 Å². The third-order valence-electron chi connectivity index (χ3n) is 9.80. The Hall–Kier alpha value is -1.67. The summed E-state index contributed by atoms with van der Waals surface area (Å²) in [6, 6.07) is 0. The number of unbranched alkanes of at least 4 members (excludes halogenated alkanes) is 18. The molecule has 0 bridgehead atoms. The van der Waals surface area contributed by atoms with Crippen LogP contribution in [0, 0.1) is 0 Å². The summed E-state index contributed by atoms with van der Waals surface area (Å²) < 4.78 is 33.4. The average Bonchev–Trinajstić information content (AvgIpc) is 3.16. The number of hydrogen-bond acceptors (Lipinski definition) is 12.